The van der Waals surface area contributed by atoms with Gasteiger partial charge in [0.2, 0.25) is 5.91 Å². The number of nitrogens with one attached hydrogen (secondary N) is 1. The second kappa shape index (κ2) is 6.18. The minimum absolute atomic E-state index is 0.159. The molecule has 1 saturated heterocycles. The maximum atomic E-state index is 11.5. The van der Waals surface area contributed by atoms with E-state index in [0.717, 1.165) is 45.3 Å². The number of carboxylic acid groups (broad SMARTS) is 1. The van der Waals surface area contributed by atoms with Crippen molar-refractivity contribution in [1.82, 2.24) is 10.2 Å². The van der Waals surface area contributed by atoms with Crippen LogP contribution in [0.15, 0.2) is 0 Å². The quantitative estimate of drug-likeness (QED) is 0.706. The van der Waals surface area contributed by atoms with E-state index in [4.69, 9.17) is 5.11 Å². The molecule has 2 N–H and O–H groups in total. The monoisotopic (exact) mass is 254 g/mol. The van der Waals surface area contributed by atoms with Crippen LogP contribution < -0.4 is 5.32 Å². The smallest absolute Gasteiger partial charge is 0.303 e. The fourth-order valence-electron chi connectivity index (χ4n) is 2.47. The summed E-state index contributed by atoms with van der Waals surface area (Å²) < 4.78 is 0. The van der Waals surface area contributed by atoms with Crippen LogP contribution in [0.5, 0.6) is 0 Å². The molecule has 2 fully saturated rings. The van der Waals surface area contributed by atoms with Gasteiger partial charge in [-0.2, -0.15) is 0 Å². The van der Waals surface area contributed by atoms with E-state index in [1.54, 1.807) is 0 Å². The van der Waals surface area contributed by atoms with Gasteiger partial charge in [-0.15, -0.1) is 0 Å². The van der Waals surface area contributed by atoms with Crippen molar-refractivity contribution in [2.45, 2.75) is 44.6 Å². The molecule has 1 atom stereocenters. The lowest BCUT2D eigenvalue weighted by atomic mass is 10.0. The van der Waals surface area contributed by atoms with Crippen molar-refractivity contribution in [2.75, 3.05) is 19.6 Å². The van der Waals surface area contributed by atoms with Crippen molar-refractivity contribution < 1.29 is 14.7 Å². The number of carboxylic acids is 1. The van der Waals surface area contributed by atoms with Crippen LogP contribution in [0.1, 0.15) is 38.5 Å². The molecule has 0 aromatic carbocycles. The van der Waals surface area contributed by atoms with Gasteiger partial charge in [-0.3, -0.25) is 9.59 Å². The fourth-order valence-corrected chi connectivity index (χ4v) is 2.47. The molecule has 1 unspecified atom stereocenters. The molecule has 1 heterocycles. The van der Waals surface area contributed by atoms with E-state index >= 15 is 0 Å². The summed E-state index contributed by atoms with van der Waals surface area (Å²) in [6, 6.07) is 0.444. The van der Waals surface area contributed by atoms with E-state index in [-0.39, 0.29) is 12.3 Å². The molecule has 1 aliphatic carbocycles. The number of hydrogen-bond acceptors (Lipinski definition) is 3. The van der Waals surface area contributed by atoms with Gasteiger partial charge >= 0.3 is 5.97 Å². The lowest BCUT2D eigenvalue weighted by Crippen LogP contribution is -2.30. The number of likely N-dealkylation sites (tertiary alicyclic amines) is 1. The van der Waals surface area contributed by atoms with Gasteiger partial charge in [-0.25, -0.2) is 0 Å². The lowest BCUT2D eigenvalue weighted by molar-refractivity contribution is -0.137. The van der Waals surface area contributed by atoms with Crippen molar-refractivity contribution in [3.8, 4) is 0 Å². The minimum Gasteiger partial charge on any atom is -0.481 e. The van der Waals surface area contributed by atoms with Crippen molar-refractivity contribution in [3.05, 3.63) is 0 Å². The first-order chi connectivity index (χ1) is 8.63. The Morgan fingerprint density at radius 2 is 2.00 bits per heavy atom. The third-order valence-electron chi connectivity index (χ3n) is 3.73. The zero-order valence-electron chi connectivity index (χ0n) is 10.7. The molecule has 0 radical (unpaired) electrons. The standard InChI is InChI=1S/C13H22N2O3/c16-12(14-11-2-3-11)6-8-15-7-5-10(9-15)1-4-13(17)18/h10-11H,1-9H2,(H,14,16)(H,17,18). The zero-order chi connectivity index (χ0) is 13.0. The molecule has 0 bridgehead atoms. The topological polar surface area (TPSA) is 69.6 Å². The number of carbonyl (C=O) groups excluding carboxylic acids is 1. The molecule has 2 rings (SSSR count). The number of hydrogen-bond donors (Lipinski definition) is 2. The third kappa shape index (κ3) is 4.64. The molecular weight excluding hydrogens is 232 g/mol. The van der Waals surface area contributed by atoms with Crippen molar-refractivity contribution in [1.29, 1.82) is 0 Å². The summed E-state index contributed by atoms with van der Waals surface area (Å²) in [7, 11) is 0. The Bertz CT molecular complexity index is 315. The van der Waals surface area contributed by atoms with Crippen LogP contribution in [-0.2, 0) is 9.59 Å². The second-order valence-corrected chi connectivity index (χ2v) is 5.48. The van der Waals surface area contributed by atoms with E-state index in [1.165, 1.54) is 0 Å². The van der Waals surface area contributed by atoms with Crippen LogP contribution in [0.4, 0.5) is 0 Å². The Morgan fingerprint density at radius 3 is 2.67 bits per heavy atom. The van der Waals surface area contributed by atoms with Crippen molar-refractivity contribution in [3.63, 3.8) is 0 Å². The third-order valence-corrected chi connectivity index (χ3v) is 3.73. The van der Waals surface area contributed by atoms with Crippen LogP contribution >= 0.6 is 0 Å². The maximum Gasteiger partial charge on any atom is 0.303 e. The highest BCUT2D eigenvalue weighted by atomic mass is 16.4. The first-order valence-electron chi connectivity index (χ1n) is 6.87. The summed E-state index contributed by atoms with van der Waals surface area (Å²) in [6.45, 7) is 2.76. The summed E-state index contributed by atoms with van der Waals surface area (Å²) in [6.07, 6.45) is 4.93. The fraction of sp³-hybridized carbons (Fsp3) is 0.846. The largest absolute Gasteiger partial charge is 0.481 e. The SMILES string of the molecule is O=C(O)CCC1CCN(CCC(=O)NC2CC2)C1. The average Bonchev–Trinajstić information content (AvgIpc) is 3.01. The predicted molar refractivity (Wildman–Crippen MR) is 67.2 cm³/mol. The molecule has 5 heteroatoms. The van der Waals surface area contributed by atoms with E-state index in [0.29, 0.717) is 18.4 Å². The van der Waals surface area contributed by atoms with Gasteiger partial charge in [0.1, 0.15) is 0 Å². The zero-order valence-corrected chi connectivity index (χ0v) is 10.7. The predicted octanol–water partition coefficient (Wildman–Crippen LogP) is 0.842. The number of amides is 1. The number of aliphatic carboxylic acids is 1. The number of carbonyl (C=O) groups is 2. The highest BCUT2D eigenvalue weighted by Crippen LogP contribution is 2.21. The second-order valence-electron chi connectivity index (χ2n) is 5.48. The maximum absolute atomic E-state index is 11.5. The van der Waals surface area contributed by atoms with Crippen LogP contribution in [0.25, 0.3) is 0 Å². The first kappa shape index (κ1) is 13.3. The molecule has 2 aliphatic rings. The molecule has 0 aromatic rings. The first-order valence-corrected chi connectivity index (χ1v) is 6.87. The van der Waals surface area contributed by atoms with Crippen molar-refractivity contribution >= 4 is 11.9 Å². The molecule has 18 heavy (non-hydrogen) atoms. The summed E-state index contributed by atoms with van der Waals surface area (Å²) in [5.74, 6) is -0.0589. The van der Waals surface area contributed by atoms with E-state index in [1.807, 2.05) is 0 Å². The molecule has 0 spiro atoms. The molecule has 1 saturated carbocycles. The Labute approximate surface area is 108 Å². The van der Waals surface area contributed by atoms with Gasteiger partial charge < -0.3 is 15.3 Å². The van der Waals surface area contributed by atoms with Gasteiger partial charge in [0.05, 0.1) is 0 Å². The summed E-state index contributed by atoms with van der Waals surface area (Å²) in [5.41, 5.74) is 0. The van der Waals surface area contributed by atoms with E-state index in [2.05, 4.69) is 10.2 Å². The van der Waals surface area contributed by atoms with Gasteiger partial charge in [0.25, 0.3) is 0 Å². The average molecular weight is 254 g/mol. The summed E-state index contributed by atoms with van der Waals surface area (Å²) in [5, 5.41) is 11.6. The number of nitrogens with zero attached hydrogens (tertiary/aromatic N) is 1. The molecular formula is C13H22N2O3. The van der Waals surface area contributed by atoms with Gasteiger partial charge in [0.15, 0.2) is 0 Å². The lowest BCUT2D eigenvalue weighted by Gasteiger charge is -2.15. The Morgan fingerprint density at radius 1 is 1.22 bits per heavy atom. The van der Waals surface area contributed by atoms with Crippen molar-refractivity contribution in [2.24, 2.45) is 5.92 Å². The highest BCUT2D eigenvalue weighted by molar-refractivity contribution is 5.76. The number of rotatable bonds is 7. The Balaban J connectivity index is 1.57. The van der Waals surface area contributed by atoms with E-state index in [9.17, 15) is 9.59 Å². The van der Waals surface area contributed by atoms with Crippen LogP contribution in [0.3, 0.4) is 0 Å². The van der Waals surface area contributed by atoms with Crippen LogP contribution in [0, 0.1) is 5.92 Å². The summed E-state index contributed by atoms with van der Waals surface area (Å²) >= 11 is 0. The highest BCUT2D eigenvalue weighted by Gasteiger charge is 2.25. The van der Waals surface area contributed by atoms with Gasteiger partial charge in [0, 0.05) is 32.0 Å². The molecule has 5 nitrogen and oxygen atoms in total. The summed E-state index contributed by atoms with van der Waals surface area (Å²) in [4.78, 5) is 24.3. The van der Waals surface area contributed by atoms with Crippen LogP contribution in [0.2, 0.25) is 0 Å². The molecule has 1 aliphatic heterocycles. The molecule has 102 valence electrons. The Hall–Kier alpha value is -1.10. The van der Waals surface area contributed by atoms with Gasteiger partial charge in [-0.05, 0) is 38.1 Å². The Kier molecular flexibility index (Phi) is 4.58. The van der Waals surface area contributed by atoms with Crippen LogP contribution in [-0.4, -0.2) is 47.6 Å². The molecule has 0 aromatic heterocycles. The van der Waals surface area contributed by atoms with Gasteiger partial charge in [-0.1, -0.05) is 0 Å². The minimum atomic E-state index is -0.711. The normalized spacial score (nSPS) is 24.1. The van der Waals surface area contributed by atoms with E-state index < -0.39 is 5.97 Å². The molecule has 1 amide bonds.